The lowest BCUT2D eigenvalue weighted by Gasteiger charge is -2.15. The molecule has 1 aliphatic heterocycles. The van der Waals surface area contributed by atoms with E-state index in [0.717, 1.165) is 17.0 Å². The Morgan fingerprint density at radius 2 is 1.24 bits per heavy atom. The topological polar surface area (TPSA) is 21.3 Å². The Balaban J connectivity index is 0.000000152. The third-order valence-corrected chi connectivity index (χ3v) is 7.98. The average Bonchev–Trinajstić information content (AvgIpc) is 3.46. The quantitative estimate of drug-likeness (QED) is 0.243. The molecule has 0 radical (unpaired) electrons. The minimum absolute atomic E-state index is 0.114. The van der Waals surface area contributed by atoms with Gasteiger partial charge in [0, 0.05) is 11.5 Å². The van der Waals surface area contributed by atoms with Gasteiger partial charge in [-0.2, -0.15) is 0 Å². The molecular weight excluding hydrogens is 498 g/mol. The van der Waals surface area contributed by atoms with Crippen molar-refractivity contribution in [3.8, 4) is 16.9 Å². The Kier molecular flexibility index (Phi) is 7.56. The third kappa shape index (κ3) is 5.73. The van der Waals surface area contributed by atoms with Crippen LogP contribution in [0.25, 0.3) is 21.9 Å². The zero-order valence-electron chi connectivity index (χ0n) is 23.8. The van der Waals surface area contributed by atoms with Crippen molar-refractivity contribution < 1.29 is 4.74 Å². The molecule has 6 aromatic carbocycles. The molecule has 0 saturated heterocycles. The molecule has 1 heterocycles. The van der Waals surface area contributed by atoms with E-state index in [-0.39, 0.29) is 6.23 Å². The van der Waals surface area contributed by atoms with Gasteiger partial charge in [0.15, 0.2) is 6.23 Å². The first kappa shape index (κ1) is 26.4. The van der Waals surface area contributed by atoms with Gasteiger partial charge in [-0.05, 0) is 76.2 Å². The van der Waals surface area contributed by atoms with Crippen molar-refractivity contribution in [3.05, 3.63) is 167 Å². The first-order valence-corrected chi connectivity index (χ1v) is 14.3. The van der Waals surface area contributed by atoms with Gasteiger partial charge in [0.05, 0.1) is 5.69 Å². The number of anilines is 1. The lowest BCUT2D eigenvalue weighted by molar-refractivity contribution is 0.260. The summed E-state index contributed by atoms with van der Waals surface area (Å²) in [6.07, 6.45) is -0.114. The fourth-order valence-electron chi connectivity index (χ4n) is 5.58. The highest BCUT2D eigenvalue weighted by Gasteiger charge is 2.23. The molecule has 2 unspecified atom stereocenters. The minimum Gasteiger partial charge on any atom is -0.464 e. The van der Waals surface area contributed by atoms with Gasteiger partial charge in [0.25, 0.3) is 0 Å². The number of benzene rings is 6. The van der Waals surface area contributed by atoms with Gasteiger partial charge in [0.1, 0.15) is 5.75 Å². The maximum atomic E-state index is 6.01. The molecule has 2 nitrogen and oxygen atoms in total. The molecule has 7 rings (SSSR count). The van der Waals surface area contributed by atoms with E-state index in [2.05, 4.69) is 141 Å². The van der Waals surface area contributed by atoms with Gasteiger partial charge < -0.3 is 10.1 Å². The Morgan fingerprint density at radius 1 is 0.561 bits per heavy atom. The van der Waals surface area contributed by atoms with Crippen LogP contribution in [-0.2, 0) is 0 Å². The van der Waals surface area contributed by atoms with Crippen LogP contribution in [0.5, 0.6) is 5.75 Å². The van der Waals surface area contributed by atoms with Crippen LogP contribution in [0.3, 0.4) is 0 Å². The molecule has 6 aromatic rings. The highest BCUT2D eigenvalue weighted by atomic mass is 16.5. The second-order valence-electron chi connectivity index (χ2n) is 10.8. The normalized spacial score (nSPS) is 14.3. The van der Waals surface area contributed by atoms with Crippen molar-refractivity contribution in [1.82, 2.24) is 0 Å². The van der Waals surface area contributed by atoms with E-state index >= 15 is 0 Å². The van der Waals surface area contributed by atoms with Crippen LogP contribution in [0.1, 0.15) is 46.9 Å². The number of aryl methyl sites for hydroxylation is 2. The van der Waals surface area contributed by atoms with Crippen LogP contribution in [0.2, 0.25) is 0 Å². The number of hydrogen-bond acceptors (Lipinski definition) is 2. The zero-order chi connectivity index (χ0) is 28.2. The molecule has 0 saturated carbocycles. The van der Waals surface area contributed by atoms with Crippen molar-refractivity contribution in [2.24, 2.45) is 0 Å². The molecule has 202 valence electrons. The summed E-state index contributed by atoms with van der Waals surface area (Å²) < 4.78 is 6.01. The Hall–Kier alpha value is -4.82. The van der Waals surface area contributed by atoms with Crippen LogP contribution in [0.4, 0.5) is 5.69 Å². The van der Waals surface area contributed by atoms with E-state index in [1.165, 1.54) is 44.2 Å². The lowest BCUT2D eigenvalue weighted by atomic mass is 9.92. The van der Waals surface area contributed by atoms with E-state index in [1.54, 1.807) is 0 Å². The molecule has 0 aromatic heterocycles. The van der Waals surface area contributed by atoms with E-state index in [0.29, 0.717) is 5.92 Å². The molecule has 1 N–H and O–H groups in total. The average molecular weight is 534 g/mol. The molecule has 0 fully saturated rings. The Morgan fingerprint density at radius 3 is 2.02 bits per heavy atom. The summed E-state index contributed by atoms with van der Waals surface area (Å²) in [5, 5.41) is 6.05. The maximum absolute atomic E-state index is 6.01. The van der Waals surface area contributed by atoms with Crippen molar-refractivity contribution in [3.63, 3.8) is 0 Å². The molecule has 2 heteroatoms. The Bertz CT molecular complexity index is 1760. The summed E-state index contributed by atoms with van der Waals surface area (Å²) in [7, 11) is 0. The Labute approximate surface area is 243 Å². The highest BCUT2D eigenvalue weighted by molar-refractivity contribution is 5.83. The first-order valence-electron chi connectivity index (χ1n) is 14.3. The number of rotatable bonds is 4. The van der Waals surface area contributed by atoms with Crippen molar-refractivity contribution in [2.75, 3.05) is 5.32 Å². The van der Waals surface area contributed by atoms with Gasteiger partial charge in [-0.15, -0.1) is 0 Å². The molecule has 2 atom stereocenters. The summed E-state index contributed by atoms with van der Waals surface area (Å²) in [4.78, 5) is 0. The van der Waals surface area contributed by atoms with Crippen molar-refractivity contribution in [1.29, 1.82) is 0 Å². The fraction of sp³-hybridized carbons (Fsp3) is 0.128. The summed E-state index contributed by atoms with van der Waals surface area (Å²) in [6.45, 7) is 6.58. The van der Waals surface area contributed by atoms with Crippen molar-refractivity contribution in [2.45, 2.75) is 32.9 Å². The summed E-state index contributed by atoms with van der Waals surface area (Å²) >= 11 is 0. The van der Waals surface area contributed by atoms with Gasteiger partial charge in [-0.1, -0.05) is 128 Å². The van der Waals surface area contributed by atoms with E-state index in [1.807, 2.05) is 24.3 Å². The van der Waals surface area contributed by atoms with Crippen LogP contribution in [0, 0.1) is 13.8 Å². The fourth-order valence-corrected chi connectivity index (χ4v) is 5.58. The number of fused-ring (bicyclic) bond motifs is 2. The molecule has 1 aliphatic rings. The summed E-state index contributed by atoms with van der Waals surface area (Å²) in [6, 6.07) is 49.0. The summed E-state index contributed by atoms with van der Waals surface area (Å²) in [5.74, 6) is 1.36. The molecule has 0 bridgehead atoms. The van der Waals surface area contributed by atoms with Gasteiger partial charge in [-0.3, -0.25) is 0 Å². The second-order valence-corrected chi connectivity index (χ2v) is 10.8. The molecule has 0 aliphatic carbocycles. The largest absolute Gasteiger partial charge is 0.464 e. The first-order chi connectivity index (χ1) is 20.1. The standard InChI is InChI=1S/C21H19NO.C18H16/c1-14-7-3-4-8-17(14)18-12-11-16(13-15(18)2)21-22-19-9-5-6-10-20(19)23-21;1-14(15-7-3-2-4-8-15)17-12-11-16-9-5-6-10-18(16)13-17/h3-13,21-22H,1-2H3;2-14H,1H3. The van der Waals surface area contributed by atoms with E-state index < -0.39 is 0 Å². The second kappa shape index (κ2) is 11.7. The maximum Gasteiger partial charge on any atom is 0.196 e. The van der Waals surface area contributed by atoms with Crippen LogP contribution in [0.15, 0.2) is 140 Å². The predicted molar refractivity (Wildman–Crippen MR) is 173 cm³/mol. The predicted octanol–water partition coefficient (Wildman–Crippen LogP) is 10.5. The molecule has 0 spiro atoms. The number of para-hydroxylation sites is 2. The smallest absolute Gasteiger partial charge is 0.196 e. The lowest BCUT2D eigenvalue weighted by Crippen LogP contribution is -2.10. The zero-order valence-corrected chi connectivity index (χ0v) is 23.8. The van der Waals surface area contributed by atoms with Gasteiger partial charge in [0.2, 0.25) is 0 Å². The van der Waals surface area contributed by atoms with Crippen molar-refractivity contribution >= 4 is 16.5 Å². The van der Waals surface area contributed by atoms with E-state index in [9.17, 15) is 0 Å². The minimum atomic E-state index is -0.114. The van der Waals surface area contributed by atoms with Crippen LogP contribution in [-0.4, -0.2) is 0 Å². The molecular formula is C39H35NO. The number of ether oxygens (including phenoxy) is 1. The van der Waals surface area contributed by atoms with Gasteiger partial charge >= 0.3 is 0 Å². The monoisotopic (exact) mass is 533 g/mol. The van der Waals surface area contributed by atoms with Crippen LogP contribution < -0.4 is 10.1 Å². The van der Waals surface area contributed by atoms with E-state index in [4.69, 9.17) is 4.74 Å². The third-order valence-electron chi connectivity index (χ3n) is 7.98. The van der Waals surface area contributed by atoms with Crippen LogP contribution >= 0.6 is 0 Å². The number of hydrogen-bond donors (Lipinski definition) is 1. The van der Waals surface area contributed by atoms with Gasteiger partial charge in [-0.25, -0.2) is 0 Å². The highest BCUT2D eigenvalue weighted by Crippen LogP contribution is 2.38. The molecule has 41 heavy (non-hydrogen) atoms. The SMILES string of the molecule is CC(c1ccccc1)c1ccc2ccccc2c1.Cc1ccccc1-c1ccc(C2Nc3ccccc3O2)cc1C. The molecule has 0 amide bonds. The summed E-state index contributed by atoms with van der Waals surface area (Å²) in [5.41, 5.74) is 10.1. The number of nitrogens with one attached hydrogen (secondary N) is 1.